The molecular weight excluding hydrogens is 327 g/mol. The third-order valence-corrected chi connectivity index (χ3v) is 9.34. The van der Waals surface area contributed by atoms with Crippen molar-refractivity contribution in [3.05, 3.63) is 0 Å². The fourth-order valence-electron chi connectivity index (χ4n) is 3.10. The van der Waals surface area contributed by atoms with E-state index in [1.54, 1.807) is 18.5 Å². The van der Waals surface area contributed by atoms with Gasteiger partial charge in [-0.1, -0.05) is 73.1 Å². The van der Waals surface area contributed by atoms with Crippen LogP contribution in [-0.4, -0.2) is 36.2 Å². The second kappa shape index (κ2) is 18.7. The van der Waals surface area contributed by atoms with Crippen molar-refractivity contribution in [1.82, 2.24) is 0 Å². The first-order valence-corrected chi connectivity index (χ1v) is 13.8. The Morgan fingerprint density at radius 3 is 1.44 bits per heavy atom. The van der Waals surface area contributed by atoms with E-state index in [0.717, 1.165) is 32.1 Å². The molecule has 0 rings (SSSR count). The number of aliphatic carboxylic acids is 1. The molecule has 0 saturated heterocycles. The largest absolute Gasteiger partial charge is 0.481 e. The summed E-state index contributed by atoms with van der Waals surface area (Å²) < 4.78 is 0. The highest BCUT2D eigenvalue weighted by atomic mass is 31.2. The highest BCUT2D eigenvalue weighted by molar-refractivity contribution is 7.75. The van der Waals surface area contributed by atoms with Gasteiger partial charge in [0.2, 0.25) is 0 Å². The van der Waals surface area contributed by atoms with E-state index in [2.05, 4.69) is 34.4 Å². The summed E-state index contributed by atoms with van der Waals surface area (Å²) in [7, 11) is -0.519. The number of rotatable bonds is 15. The van der Waals surface area contributed by atoms with Gasteiger partial charge in [-0.15, -0.1) is 0 Å². The Morgan fingerprint density at radius 2 is 1.16 bits per heavy atom. The van der Waals surface area contributed by atoms with E-state index in [1.165, 1.54) is 38.5 Å². The van der Waals surface area contributed by atoms with Crippen molar-refractivity contribution in [2.24, 2.45) is 5.92 Å². The Hall–Kier alpha value is -0.100. The van der Waals surface area contributed by atoms with Crippen LogP contribution in [0.1, 0.15) is 105 Å². The van der Waals surface area contributed by atoms with Gasteiger partial charge in [-0.25, -0.2) is 0 Å². The summed E-state index contributed by atoms with van der Waals surface area (Å²) in [6, 6.07) is 0. The molecule has 3 heteroatoms. The summed E-state index contributed by atoms with van der Waals surface area (Å²) in [4.78, 5) is 10.5. The van der Waals surface area contributed by atoms with Crippen LogP contribution in [0.25, 0.3) is 0 Å². The summed E-state index contributed by atoms with van der Waals surface area (Å²) in [6.07, 6.45) is 18.2. The maximum atomic E-state index is 10.5. The van der Waals surface area contributed by atoms with E-state index in [9.17, 15) is 4.79 Å². The fourth-order valence-corrected chi connectivity index (χ4v) is 7.01. The molecule has 1 atom stereocenters. The van der Waals surface area contributed by atoms with Crippen LogP contribution in [0.2, 0.25) is 0 Å². The Bertz CT molecular complexity index is 270. The molecule has 0 aliphatic heterocycles. The van der Waals surface area contributed by atoms with Crippen LogP contribution in [0.4, 0.5) is 0 Å². The van der Waals surface area contributed by atoms with E-state index in [-0.39, 0.29) is 5.92 Å². The lowest BCUT2D eigenvalue weighted by Crippen LogP contribution is -2.12. The summed E-state index contributed by atoms with van der Waals surface area (Å²) in [5.74, 6) is -0.745. The van der Waals surface area contributed by atoms with Gasteiger partial charge in [0.15, 0.2) is 0 Å². The molecule has 0 bridgehead atoms. The van der Waals surface area contributed by atoms with Crippen LogP contribution in [0.3, 0.4) is 0 Å². The molecule has 0 saturated carbocycles. The number of carboxylic acid groups (broad SMARTS) is 1. The summed E-state index contributed by atoms with van der Waals surface area (Å²) in [6.45, 7) is 13.7. The van der Waals surface area contributed by atoms with Crippen LogP contribution < -0.4 is 0 Å². The first-order chi connectivity index (χ1) is 11.9. The lowest BCUT2D eigenvalue weighted by atomic mass is 9.99. The van der Waals surface area contributed by atoms with E-state index in [1.807, 2.05) is 6.92 Å². The molecule has 0 aromatic rings. The molecular formula is C22H48O2P+. The van der Waals surface area contributed by atoms with Gasteiger partial charge in [0, 0.05) is 13.9 Å². The molecule has 0 radical (unpaired) electrons. The van der Waals surface area contributed by atoms with Crippen molar-refractivity contribution in [3.8, 4) is 0 Å². The second-order valence-electron chi connectivity index (χ2n) is 7.79. The third kappa shape index (κ3) is 17.1. The number of hydrogen-bond acceptors (Lipinski definition) is 1. The topological polar surface area (TPSA) is 37.3 Å². The van der Waals surface area contributed by atoms with Crippen LogP contribution in [-0.2, 0) is 4.79 Å². The molecule has 0 aliphatic carbocycles. The van der Waals surface area contributed by atoms with E-state index >= 15 is 0 Å². The monoisotopic (exact) mass is 375 g/mol. The van der Waals surface area contributed by atoms with E-state index in [0.29, 0.717) is 0 Å². The van der Waals surface area contributed by atoms with Gasteiger partial charge in [-0.05, 0) is 32.1 Å². The van der Waals surface area contributed by atoms with Crippen molar-refractivity contribution >= 4 is 13.2 Å². The molecule has 1 N–H and O–H groups in total. The molecule has 0 fully saturated rings. The normalized spacial score (nSPS) is 12.4. The highest BCUT2D eigenvalue weighted by Crippen LogP contribution is 2.57. The molecule has 25 heavy (non-hydrogen) atoms. The van der Waals surface area contributed by atoms with Crippen molar-refractivity contribution in [2.75, 3.05) is 25.2 Å². The average Bonchev–Trinajstić information content (AvgIpc) is 2.60. The van der Waals surface area contributed by atoms with E-state index < -0.39 is 13.2 Å². The van der Waals surface area contributed by atoms with Gasteiger partial charge < -0.3 is 5.11 Å². The van der Waals surface area contributed by atoms with Gasteiger partial charge in [0.25, 0.3) is 0 Å². The average molecular weight is 376 g/mol. The molecule has 0 aliphatic rings. The first-order valence-electron chi connectivity index (χ1n) is 11.0. The zero-order chi connectivity index (χ0) is 19.6. The molecule has 0 heterocycles. The summed E-state index contributed by atoms with van der Waals surface area (Å²) in [5, 5.41) is 8.67. The van der Waals surface area contributed by atoms with Crippen molar-refractivity contribution in [2.45, 2.75) is 105 Å². The predicted molar refractivity (Wildman–Crippen MR) is 118 cm³/mol. The van der Waals surface area contributed by atoms with Crippen LogP contribution >= 0.6 is 7.26 Å². The molecule has 0 spiro atoms. The molecule has 0 aromatic carbocycles. The molecule has 152 valence electrons. The van der Waals surface area contributed by atoms with Crippen LogP contribution in [0.15, 0.2) is 0 Å². The fraction of sp³-hybridized carbons (Fsp3) is 0.955. The lowest BCUT2D eigenvalue weighted by molar-refractivity contribution is -0.142. The summed E-state index contributed by atoms with van der Waals surface area (Å²) in [5.41, 5.74) is 0. The molecule has 1 unspecified atom stereocenters. The van der Waals surface area contributed by atoms with Crippen molar-refractivity contribution in [3.63, 3.8) is 0 Å². The minimum atomic E-state index is -0.636. The number of hydrogen-bond donors (Lipinski definition) is 1. The Morgan fingerprint density at radius 1 is 0.760 bits per heavy atom. The minimum Gasteiger partial charge on any atom is -0.481 e. The minimum absolute atomic E-state index is 0.110. The summed E-state index contributed by atoms with van der Waals surface area (Å²) >= 11 is 0. The Kier molecular flexibility index (Phi) is 20.3. The quantitative estimate of drug-likeness (QED) is 0.235. The van der Waals surface area contributed by atoms with Gasteiger partial charge >= 0.3 is 5.97 Å². The zero-order valence-electron chi connectivity index (χ0n) is 18.3. The molecule has 0 aromatic heterocycles. The molecule has 0 amide bonds. The SMILES string of the molecule is CCCCCC(CC)C(=O)O.CCCC[P+](C)(CCCC)CCCC. The smallest absolute Gasteiger partial charge is 0.306 e. The maximum absolute atomic E-state index is 10.5. The van der Waals surface area contributed by atoms with Gasteiger partial charge in [0.1, 0.15) is 0 Å². The predicted octanol–water partition coefficient (Wildman–Crippen LogP) is 7.71. The van der Waals surface area contributed by atoms with Crippen LogP contribution in [0, 0.1) is 5.92 Å². The van der Waals surface area contributed by atoms with E-state index in [4.69, 9.17) is 5.11 Å². The second-order valence-corrected chi connectivity index (χ2v) is 12.4. The Labute approximate surface area is 159 Å². The Balaban J connectivity index is 0. The highest BCUT2D eigenvalue weighted by Gasteiger charge is 2.28. The van der Waals surface area contributed by atoms with Gasteiger partial charge in [0.05, 0.1) is 24.4 Å². The number of carbonyl (C=O) groups is 1. The third-order valence-electron chi connectivity index (χ3n) is 5.15. The maximum Gasteiger partial charge on any atom is 0.306 e. The first kappa shape index (κ1) is 27.1. The van der Waals surface area contributed by atoms with Gasteiger partial charge in [-0.2, -0.15) is 0 Å². The van der Waals surface area contributed by atoms with Crippen molar-refractivity contribution < 1.29 is 9.90 Å². The number of carboxylic acids is 1. The standard InChI is InChI=1S/C13H30P.C9H18O2/c1-5-8-11-14(4,12-9-6-2)13-10-7-3;1-3-5-6-7-8(4-2)9(10)11/h5-13H2,1-4H3;8H,3-7H2,1-2H3,(H,10,11)/q+1;. The lowest BCUT2D eigenvalue weighted by Gasteiger charge is -2.22. The zero-order valence-corrected chi connectivity index (χ0v) is 19.2. The van der Waals surface area contributed by atoms with Gasteiger partial charge in [-0.3, -0.25) is 4.79 Å². The number of unbranched alkanes of at least 4 members (excludes halogenated alkanes) is 5. The van der Waals surface area contributed by atoms with Crippen LogP contribution in [0.5, 0.6) is 0 Å². The van der Waals surface area contributed by atoms with Crippen molar-refractivity contribution in [1.29, 1.82) is 0 Å². The molecule has 2 nitrogen and oxygen atoms in total.